The summed E-state index contributed by atoms with van der Waals surface area (Å²) in [5.41, 5.74) is 0.210. The molecule has 1 radical (unpaired) electrons. The van der Waals surface area contributed by atoms with E-state index in [1.54, 1.807) is 6.29 Å². The van der Waals surface area contributed by atoms with Crippen molar-refractivity contribution in [2.75, 3.05) is 6.61 Å². The number of ether oxygens (including phenoxy) is 1. The van der Waals surface area contributed by atoms with E-state index in [9.17, 15) is 9.18 Å². The highest BCUT2D eigenvalue weighted by molar-refractivity contribution is 5.75. The van der Waals surface area contributed by atoms with Gasteiger partial charge < -0.3 is 4.74 Å². The van der Waals surface area contributed by atoms with Gasteiger partial charge in [0.15, 0.2) is 11.6 Å². The van der Waals surface area contributed by atoms with Gasteiger partial charge in [0, 0.05) is 5.56 Å². The molecular weight excluding hydrogens is 183 g/mol. The highest BCUT2D eigenvalue weighted by atomic mass is 19.1. The lowest BCUT2D eigenvalue weighted by Crippen LogP contribution is -2.01. The summed E-state index contributed by atoms with van der Waals surface area (Å²) in [7, 11) is 0. The number of rotatable bonds is 4. The van der Waals surface area contributed by atoms with Crippen molar-refractivity contribution in [3.05, 3.63) is 29.6 Å². The second-order valence-electron chi connectivity index (χ2n) is 3.50. The molecule has 0 aliphatic heterocycles. The van der Waals surface area contributed by atoms with Crippen molar-refractivity contribution in [1.29, 1.82) is 0 Å². The summed E-state index contributed by atoms with van der Waals surface area (Å²) in [5.74, 6) is 0.314. The van der Waals surface area contributed by atoms with Crippen molar-refractivity contribution in [3.63, 3.8) is 0 Å². The van der Waals surface area contributed by atoms with Gasteiger partial charge in [-0.15, -0.1) is 0 Å². The monoisotopic (exact) mass is 193 g/mol. The Kier molecular flexibility index (Phi) is 2.48. The predicted molar refractivity (Wildman–Crippen MR) is 49.4 cm³/mol. The van der Waals surface area contributed by atoms with Gasteiger partial charge in [-0.05, 0) is 37.0 Å². The zero-order valence-electron chi connectivity index (χ0n) is 7.63. The van der Waals surface area contributed by atoms with E-state index in [2.05, 4.69) is 0 Å². The van der Waals surface area contributed by atoms with E-state index in [4.69, 9.17) is 4.74 Å². The number of hydrogen-bond acceptors (Lipinski definition) is 2. The van der Waals surface area contributed by atoms with Gasteiger partial charge in [0.05, 0.1) is 6.61 Å². The van der Waals surface area contributed by atoms with Gasteiger partial charge in [-0.2, -0.15) is 0 Å². The van der Waals surface area contributed by atoms with Crippen molar-refractivity contribution in [1.82, 2.24) is 0 Å². The number of carbonyl (C=O) groups excluding carboxylic acids is 1. The lowest BCUT2D eigenvalue weighted by Gasteiger charge is -2.05. The lowest BCUT2D eigenvalue weighted by atomic mass is 10.2. The second-order valence-corrected chi connectivity index (χ2v) is 3.50. The van der Waals surface area contributed by atoms with Gasteiger partial charge in [0.2, 0.25) is 6.29 Å². The summed E-state index contributed by atoms with van der Waals surface area (Å²) in [6.07, 6.45) is 3.96. The molecule has 0 amide bonds. The number of benzene rings is 1. The summed E-state index contributed by atoms with van der Waals surface area (Å²) in [5, 5.41) is 0. The first-order chi connectivity index (χ1) is 6.79. The third-order valence-corrected chi connectivity index (χ3v) is 2.22. The summed E-state index contributed by atoms with van der Waals surface area (Å²) >= 11 is 0. The smallest absolute Gasteiger partial charge is 0.233 e. The van der Waals surface area contributed by atoms with Crippen LogP contribution in [0.15, 0.2) is 18.2 Å². The molecule has 73 valence electrons. The molecule has 14 heavy (non-hydrogen) atoms. The third-order valence-electron chi connectivity index (χ3n) is 2.22. The van der Waals surface area contributed by atoms with Crippen molar-refractivity contribution in [2.45, 2.75) is 12.8 Å². The van der Waals surface area contributed by atoms with E-state index < -0.39 is 5.82 Å². The van der Waals surface area contributed by atoms with E-state index in [1.165, 1.54) is 25.0 Å². The zero-order valence-corrected chi connectivity index (χ0v) is 7.63. The fourth-order valence-electron chi connectivity index (χ4n) is 1.17. The molecule has 1 fully saturated rings. The highest BCUT2D eigenvalue weighted by Gasteiger charge is 2.22. The minimum atomic E-state index is -0.494. The molecule has 2 nitrogen and oxygen atoms in total. The standard InChI is InChI=1S/C11H10FO2/c12-10-5-9(6-13)3-4-11(10)14-7-8-1-2-8/h3-5,8H,1-2,7H2. The van der Waals surface area contributed by atoms with E-state index in [0.29, 0.717) is 12.5 Å². The van der Waals surface area contributed by atoms with Crippen LogP contribution in [0.3, 0.4) is 0 Å². The first-order valence-electron chi connectivity index (χ1n) is 4.60. The molecule has 0 N–H and O–H groups in total. The summed E-state index contributed by atoms with van der Waals surface area (Å²) in [6, 6.07) is 4.10. The molecule has 1 aliphatic carbocycles. The van der Waals surface area contributed by atoms with Crippen LogP contribution >= 0.6 is 0 Å². The average molecular weight is 193 g/mol. The quantitative estimate of drug-likeness (QED) is 0.731. The predicted octanol–water partition coefficient (Wildman–Crippen LogP) is 2.07. The molecule has 1 aromatic rings. The molecular formula is C11H10FO2. The number of halogens is 1. The van der Waals surface area contributed by atoms with Crippen LogP contribution in [0.1, 0.15) is 18.4 Å². The average Bonchev–Trinajstić information content (AvgIpc) is 2.99. The zero-order chi connectivity index (χ0) is 9.97. The van der Waals surface area contributed by atoms with Crippen molar-refractivity contribution >= 4 is 6.29 Å². The summed E-state index contributed by atoms with van der Waals surface area (Å²) < 4.78 is 18.5. The fourth-order valence-corrected chi connectivity index (χ4v) is 1.17. The van der Waals surface area contributed by atoms with Crippen LogP contribution in [-0.2, 0) is 4.79 Å². The maximum atomic E-state index is 13.2. The maximum absolute atomic E-state index is 13.2. The van der Waals surface area contributed by atoms with Gasteiger partial charge >= 0.3 is 0 Å². The second kappa shape index (κ2) is 3.78. The third kappa shape index (κ3) is 2.10. The Labute approximate surface area is 81.7 Å². The van der Waals surface area contributed by atoms with Gasteiger partial charge in [0.1, 0.15) is 0 Å². The van der Waals surface area contributed by atoms with E-state index in [-0.39, 0.29) is 11.3 Å². The van der Waals surface area contributed by atoms with Gasteiger partial charge in [-0.1, -0.05) is 0 Å². The van der Waals surface area contributed by atoms with Crippen LogP contribution in [0.4, 0.5) is 4.39 Å². The summed E-state index contributed by atoms with van der Waals surface area (Å²) in [4.78, 5) is 10.2. The molecule has 1 saturated carbocycles. The molecule has 0 aromatic heterocycles. The van der Waals surface area contributed by atoms with E-state index >= 15 is 0 Å². The van der Waals surface area contributed by atoms with Crippen LogP contribution in [0.5, 0.6) is 5.75 Å². The van der Waals surface area contributed by atoms with Crippen molar-refractivity contribution in [2.24, 2.45) is 5.92 Å². The highest BCUT2D eigenvalue weighted by Crippen LogP contribution is 2.30. The van der Waals surface area contributed by atoms with Crippen LogP contribution in [0.25, 0.3) is 0 Å². The minimum absolute atomic E-state index is 0.210. The van der Waals surface area contributed by atoms with Gasteiger partial charge in [0.25, 0.3) is 0 Å². The Morgan fingerprint density at radius 1 is 1.50 bits per heavy atom. The lowest BCUT2D eigenvalue weighted by molar-refractivity contribution is 0.285. The molecule has 0 spiro atoms. The molecule has 1 aromatic carbocycles. The Bertz CT molecular complexity index is 345. The van der Waals surface area contributed by atoms with Crippen molar-refractivity contribution in [3.8, 4) is 5.75 Å². The largest absolute Gasteiger partial charge is 0.490 e. The maximum Gasteiger partial charge on any atom is 0.233 e. The Morgan fingerprint density at radius 3 is 2.86 bits per heavy atom. The molecule has 0 heterocycles. The van der Waals surface area contributed by atoms with Crippen LogP contribution in [0, 0.1) is 11.7 Å². The summed E-state index contributed by atoms with van der Waals surface area (Å²) in [6.45, 7) is 0.571. The van der Waals surface area contributed by atoms with Crippen LogP contribution in [0.2, 0.25) is 0 Å². The van der Waals surface area contributed by atoms with Crippen LogP contribution in [-0.4, -0.2) is 12.9 Å². The molecule has 2 rings (SSSR count). The normalized spacial score (nSPS) is 15.2. The Hall–Kier alpha value is -1.38. The first-order valence-corrected chi connectivity index (χ1v) is 4.60. The minimum Gasteiger partial charge on any atom is -0.490 e. The van der Waals surface area contributed by atoms with Crippen molar-refractivity contribution < 1.29 is 13.9 Å². The fraction of sp³-hybridized carbons (Fsp3) is 0.364. The molecule has 1 aliphatic rings. The molecule has 3 heteroatoms. The van der Waals surface area contributed by atoms with Gasteiger partial charge in [-0.3, -0.25) is 4.79 Å². The Morgan fingerprint density at radius 2 is 2.29 bits per heavy atom. The molecule has 0 bridgehead atoms. The van der Waals surface area contributed by atoms with Crippen LogP contribution < -0.4 is 4.74 Å². The Balaban J connectivity index is 2.04. The first kappa shape index (κ1) is 9.19. The van der Waals surface area contributed by atoms with E-state index in [0.717, 1.165) is 6.07 Å². The molecule has 0 atom stereocenters. The topological polar surface area (TPSA) is 26.3 Å². The molecule has 0 unspecified atom stereocenters. The van der Waals surface area contributed by atoms with E-state index in [1.807, 2.05) is 0 Å². The molecule has 0 saturated heterocycles. The van der Waals surface area contributed by atoms with Gasteiger partial charge in [-0.25, -0.2) is 4.39 Å². The SMILES string of the molecule is O=[C]c1ccc(OCC2CC2)c(F)c1. The number of hydrogen-bond donors (Lipinski definition) is 0.